The Hall–Kier alpha value is -2.77. The summed E-state index contributed by atoms with van der Waals surface area (Å²) < 4.78 is 2.79. The van der Waals surface area contributed by atoms with Crippen molar-refractivity contribution in [1.29, 1.82) is 0 Å². The van der Waals surface area contributed by atoms with Crippen LogP contribution in [0.2, 0.25) is 0 Å². The molecule has 3 aromatic heterocycles. The maximum Gasteiger partial charge on any atom is 0.307 e. The highest BCUT2D eigenvalue weighted by Crippen LogP contribution is 2.33. The molecule has 0 atom stereocenters. The molecule has 0 aliphatic heterocycles. The molecule has 0 saturated heterocycles. The molecule has 4 rings (SSSR count). The van der Waals surface area contributed by atoms with Gasteiger partial charge < -0.3 is 5.11 Å². The van der Waals surface area contributed by atoms with Gasteiger partial charge in [-0.15, -0.1) is 22.7 Å². The van der Waals surface area contributed by atoms with Crippen molar-refractivity contribution in [3.05, 3.63) is 58.5 Å². The molecule has 0 aliphatic carbocycles. The van der Waals surface area contributed by atoms with E-state index in [1.165, 1.54) is 11.3 Å². The molecule has 0 bridgehead atoms. The van der Waals surface area contributed by atoms with Gasteiger partial charge in [0.05, 0.1) is 21.5 Å². The van der Waals surface area contributed by atoms with Crippen LogP contribution in [0.3, 0.4) is 0 Å². The highest BCUT2D eigenvalue weighted by Gasteiger charge is 2.16. The van der Waals surface area contributed by atoms with Gasteiger partial charge in [0.15, 0.2) is 0 Å². The van der Waals surface area contributed by atoms with Crippen LogP contribution in [0.25, 0.3) is 32.4 Å². The lowest BCUT2D eigenvalue weighted by atomic mass is 10.1. The zero-order valence-electron chi connectivity index (χ0n) is 13.9. The molecule has 0 unspecified atom stereocenters. The number of hydrogen-bond donors (Lipinski definition) is 1. The summed E-state index contributed by atoms with van der Waals surface area (Å²) in [4.78, 5) is 17.1. The van der Waals surface area contributed by atoms with Crippen molar-refractivity contribution < 1.29 is 9.90 Å². The Labute approximate surface area is 157 Å². The van der Waals surface area contributed by atoms with Crippen LogP contribution >= 0.6 is 22.7 Å². The van der Waals surface area contributed by atoms with Gasteiger partial charge in [0, 0.05) is 18.8 Å². The van der Waals surface area contributed by atoms with E-state index in [0.29, 0.717) is 5.57 Å². The fourth-order valence-corrected chi connectivity index (χ4v) is 4.48. The SMILES string of the molecule is Cn1cc(/C=C(\CC(=O)O)c2nc3ccccc3s2)c(-c2cccs2)n1. The predicted molar refractivity (Wildman–Crippen MR) is 106 cm³/mol. The molecular weight excluding hydrogens is 366 g/mol. The van der Waals surface area contributed by atoms with Gasteiger partial charge in [-0.1, -0.05) is 18.2 Å². The Balaban J connectivity index is 1.84. The van der Waals surface area contributed by atoms with Crippen molar-refractivity contribution in [3.8, 4) is 10.6 Å². The summed E-state index contributed by atoms with van der Waals surface area (Å²) in [6, 6.07) is 11.8. The molecule has 0 fully saturated rings. The zero-order chi connectivity index (χ0) is 18.1. The van der Waals surface area contributed by atoms with Gasteiger partial charge in [-0.25, -0.2) is 4.98 Å². The first-order chi connectivity index (χ1) is 12.6. The number of hydrogen-bond acceptors (Lipinski definition) is 5. The maximum atomic E-state index is 11.4. The van der Waals surface area contributed by atoms with Gasteiger partial charge >= 0.3 is 5.97 Å². The van der Waals surface area contributed by atoms with E-state index in [0.717, 1.165) is 31.4 Å². The van der Waals surface area contributed by atoms with E-state index in [4.69, 9.17) is 0 Å². The molecule has 7 heteroatoms. The minimum atomic E-state index is -0.878. The third-order valence-electron chi connectivity index (χ3n) is 3.85. The Morgan fingerprint density at radius 3 is 2.85 bits per heavy atom. The molecule has 1 N–H and O–H groups in total. The minimum Gasteiger partial charge on any atom is -0.481 e. The zero-order valence-corrected chi connectivity index (χ0v) is 15.5. The fraction of sp³-hybridized carbons (Fsp3) is 0.105. The minimum absolute atomic E-state index is 0.0847. The van der Waals surface area contributed by atoms with Crippen LogP contribution < -0.4 is 0 Å². The first kappa shape index (κ1) is 16.7. The summed E-state index contributed by atoms with van der Waals surface area (Å²) >= 11 is 3.12. The van der Waals surface area contributed by atoms with Gasteiger partial charge in [0.1, 0.15) is 10.7 Å². The van der Waals surface area contributed by atoms with Crippen LogP contribution in [0.5, 0.6) is 0 Å². The number of nitrogens with zero attached hydrogens (tertiary/aromatic N) is 3. The number of fused-ring (bicyclic) bond motifs is 1. The van der Waals surface area contributed by atoms with Crippen molar-refractivity contribution in [3.63, 3.8) is 0 Å². The Kier molecular flexibility index (Phi) is 4.40. The Morgan fingerprint density at radius 2 is 2.12 bits per heavy atom. The average Bonchev–Trinajstić information content (AvgIpc) is 3.32. The van der Waals surface area contributed by atoms with E-state index in [2.05, 4.69) is 10.1 Å². The number of thiazole rings is 1. The monoisotopic (exact) mass is 381 g/mol. The Bertz CT molecular complexity index is 1070. The second-order valence-electron chi connectivity index (χ2n) is 5.81. The van der Waals surface area contributed by atoms with E-state index in [9.17, 15) is 9.90 Å². The van der Waals surface area contributed by atoms with E-state index in [1.54, 1.807) is 16.0 Å². The Morgan fingerprint density at radius 1 is 1.27 bits per heavy atom. The highest BCUT2D eigenvalue weighted by molar-refractivity contribution is 7.19. The number of carbonyl (C=O) groups is 1. The number of aliphatic carboxylic acids is 1. The normalized spacial score (nSPS) is 12.0. The first-order valence-corrected chi connectivity index (χ1v) is 9.65. The van der Waals surface area contributed by atoms with Crippen LogP contribution in [0.4, 0.5) is 0 Å². The molecule has 3 heterocycles. The van der Waals surface area contributed by atoms with Crippen molar-refractivity contribution in [2.75, 3.05) is 0 Å². The molecule has 5 nitrogen and oxygen atoms in total. The van der Waals surface area contributed by atoms with Crippen LogP contribution in [0.1, 0.15) is 17.0 Å². The summed E-state index contributed by atoms with van der Waals surface area (Å²) in [5, 5.41) is 16.6. The molecule has 1 aromatic carbocycles. The van der Waals surface area contributed by atoms with Crippen molar-refractivity contribution in [1.82, 2.24) is 14.8 Å². The number of aryl methyl sites for hydroxylation is 1. The van der Waals surface area contributed by atoms with Crippen LogP contribution in [0, 0.1) is 0 Å². The van der Waals surface area contributed by atoms with Crippen LogP contribution in [-0.2, 0) is 11.8 Å². The molecule has 0 saturated carbocycles. The molecule has 0 radical (unpaired) electrons. The van der Waals surface area contributed by atoms with E-state index >= 15 is 0 Å². The number of rotatable bonds is 5. The third-order valence-corrected chi connectivity index (χ3v) is 5.84. The molecule has 4 aromatic rings. The topological polar surface area (TPSA) is 68.0 Å². The number of carboxylic acid groups (broad SMARTS) is 1. The van der Waals surface area contributed by atoms with E-state index in [-0.39, 0.29) is 6.42 Å². The third kappa shape index (κ3) is 3.31. The van der Waals surface area contributed by atoms with Gasteiger partial charge in [0.25, 0.3) is 0 Å². The second kappa shape index (κ2) is 6.86. The largest absolute Gasteiger partial charge is 0.481 e. The summed E-state index contributed by atoms with van der Waals surface area (Å²) in [6.07, 6.45) is 3.72. The van der Waals surface area contributed by atoms with Crippen LogP contribution in [0.15, 0.2) is 48.0 Å². The standard InChI is InChI=1S/C19H15N3O2S2/c1-22-11-13(18(21-22)16-7-4-8-25-16)9-12(10-17(23)24)19-20-14-5-2-3-6-15(14)26-19/h2-9,11H,10H2,1H3,(H,23,24)/b12-9+. The van der Waals surface area contributed by atoms with Gasteiger partial charge in [0.2, 0.25) is 0 Å². The fourth-order valence-electron chi connectivity index (χ4n) is 2.77. The number of carboxylic acids is 1. The number of thiophene rings is 1. The molecule has 0 aliphatic rings. The lowest BCUT2D eigenvalue weighted by molar-refractivity contribution is -0.135. The van der Waals surface area contributed by atoms with Crippen LogP contribution in [-0.4, -0.2) is 25.8 Å². The number of aromatic nitrogens is 3. The van der Waals surface area contributed by atoms with Gasteiger partial charge in [-0.05, 0) is 35.2 Å². The number of para-hydroxylation sites is 1. The molecule has 130 valence electrons. The quantitative estimate of drug-likeness (QED) is 0.540. The summed E-state index contributed by atoms with van der Waals surface area (Å²) in [5.41, 5.74) is 3.31. The maximum absolute atomic E-state index is 11.4. The van der Waals surface area contributed by atoms with Crippen molar-refractivity contribution in [2.24, 2.45) is 7.05 Å². The van der Waals surface area contributed by atoms with Crippen molar-refractivity contribution >= 4 is 50.5 Å². The molecule has 0 amide bonds. The van der Waals surface area contributed by atoms with Crippen molar-refractivity contribution in [2.45, 2.75) is 6.42 Å². The predicted octanol–water partition coefficient (Wildman–Crippen LogP) is 4.77. The highest BCUT2D eigenvalue weighted by atomic mass is 32.1. The summed E-state index contributed by atoms with van der Waals surface area (Å²) in [5.74, 6) is -0.878. The van der Waals surface area contributed by atoms with E-state index in [1.807, 2.05) is 61.1 Å². The van der Waals surface area contributed by atoms with Gasteiger partial charge in [-0.2, -0.15) is 5.10 Å². The molecular formula is C19H15N3O2S2. The lowest BCUT2D eigenvalue weighted by Crippen LogP contribution is -1.97. The lowest BCUT2D eigenvalue weighted by Gasteiger charge is -2.01. The van der Waals surface area contributed by atoms with E-state index < -0.39 is 5.97 Å². The molecule has 0 spiro atoms. The molecule has 26 heavy (non-hydrogen) atoms. The summed E-state index contributed by atoms with van der Waals surface area (Å²) in [6.45, 7) is 0. The van der Waals surface area contributed by atoms with Gasteiger partial charge in [-0.3, -0.25) is 9.48 Å². The number of benzene rings is 1. The summed E-state index contributed by atoms with van der Waals surface area (Å²) in [7, 11) is 1.86. The second-order valence-corrected chi connectivity index (χ2v) is 7.79. The smallest absolute Gasteiger partial charge is 0.307 e. The average molecular weight is 381 g/mol. The first-order valence-electron chi connectivity index (χ1n) is 7.96.